The summed E-state index contributed by atoms with van der Waals surface area (Å²) in [6.45, 7) is 4.74. The number of amides is 1. The van der Waals surface area contributed by atoms with Crippen LogP contribution in [-0.4, -0.2) is 45.7 Å². The van der Waals surface area contributed by atoms with Crippen LogP contribution >= 0.6 is 11.3 Å². The van der Waals surface area contributed by atoms with Gasteiger partial charge >= 0.3 is 5.97 Å². The van der Waals surface area contributed by atoms with Gasteiger partial charge in [-0.15, -0.1) is 23.2 Å². The summed E-state index contributed by atoms with van der Waals surface area (Å²) < 4.78 is 0. The van der Waals surface area contributed by atoms with Crippen molar-refractivity contribution in [3.8, 4) is 11.8 Å². The van der Waals surface area contributed by atoms with Gasteiger partial charge in [0.15, 0.2) is 0 Å². The van der Waals surface area contributed by atoms with E-state index in [4.69, 9.17) is 5.11 Å². The Balaban J connectivity index is 1.77. The third-order valence-electron chi connectivity index (χ3n) is 5.33. The average molecular weight is 406 g/mol. The fourth-order valence-corrected chi connectivity index (χ4v) is 4.48. The molecular weight excluding hydrogens is 374 g/mol. The van der Waals surface area contributed by atoms with Gasteiger partial charge in [-0.25, -0.2) is 4.79 Å². The Morgan fingerprint density at radius 3 is 2.86 bits per heavy atom. The number of aromatic carboxylic acids is 1. The van der Waals surface area contributed by atoms with Gasteiger partial charge in [0.2, 0.25) is 5.91 Å². The van der Waals surface area contributed by atoms with Crippen molar-refractivity contribution in [2.45, 2.75) is 77.4 Å². The number of hydrogen-bond donors (Lipinski definition) is 2. The monoisotopic (exact) mass is 405 g/mol. The summed E-state index contributed by atoms with van der Waals surface area (Å²) in [5.74, 6) is 5.59. The first kappa shape index (κ1) is 22.4. The number of carbonyl (C=O) groups is 2. The van der Waals surface area contributed by atoms with Gasteiger partial charge in [0.25, 0.3) is 0 Å². The average Bonchev–Trinajstić information content (AvgIpc) is 3.27. The zero-order valence-electron chi connectivity index (χ0n) is 16.8. The molecule has 0 radical (unpaired) electrons. The minimum atomic E-state index is -0.889. The van der Waals surface area contributed by atoms with Crippen LogP contribution in [0.4, 0.5) is 0 Å². The van der Waals surface area contributed by atoms with Crippen molar-refractivity contribution >= 4 is 23.2 Å². The normalized spacial score (nSPS) is 18.6. The number of carboxylic acid groups (broad SMARTS) is 1. The molecule has 0 saturated carbocycles. The quantitative estimate of drug-likeness (QED) is 0.578. The van der Waals surface area contributed by atoms with E-state index in [1.54, 1.807) is 6.07 Å². The largest absolute Gasteiger partial charge is 0.477 e. The molecule has 0 bridgehead atoms. The van der Waals surface area contributed by atoms with Gasteiger partial charge in [-0.3, -0.25) is 4.79 Å². The van der Waals surface area contributed by atoms with Crippen molar-refractivity contribution in [2.24, 2.45) is 5.92 Å². The number of carboxylic acids is 1. The number of aliphatic hydroxyl groups excluding tert-OH is 1. The molecule has 0 aliphatic carbocycles. The van der Waals surface area contributed by atoms with Crippen molar-refractivity contribution < 1.29 is 19.8 Å². The fourth-order valence-electron chi connectivity index (χ4n) is 3.59. The van der Waals surface area contributed by atoms with E-state index in [0.29, 0.717) is 30.7 Å². The summed E-state index contributed by atoms with van der Waals surface area (Å²) in [7, 11) is 0. The standard InChI is InChI=1S/C22H31NO4S/c1-3-4-5-7-16(2)19(24)12-9-17-10-14-21(25)23(17)15-6-8-18-11-13-20(28-18)22(26)27/h11,13,16-17,19,24H,3,6-10,12,14-15H2,1-2H3,(H,26,27)/t16?,17-,19?/m0/s1. The molecule has 28 heavy (non-hydrogen) atoms. The topological polar surface area (TPSA) is 77.8 Å². The lowest BCUT2D eigenvalue weighted by Gasteiger charge is -2.26. The van der Waals surface area contributed by atoms with Crippen LogP contribution in [0, 0.1) is 17.8 Å². The molecule has 1 aliphatic heterocycles. The molecule has 1 fully saturated rings. The van der Waals surface area contributed by atoms with Gasteiger partial charge in [0, 0.05) is 36.7 Å². The summed E-state index contributed by atoms with van der Waals surface area (Å²) in [5.41, 5.74) is 0. The van der Waals surface area contributed by atoms with Gasteiger partial charge in [0.05, 0.1) is 6.10 Å². The van der Waals surface area contributed by atoms with E-state index in [-0.39, 0.29) is 24.0 Å². The van der Waals surface area contributed by atoms with Gasteiger partial charge in [-0.05, 0) is 50.2 Å². The summed E-state index contributed by atoms with van der Waals surface area (Å²) in [6.07, 6.45) is 5.73. The molecule has 2 N–H and O–H groups in total. The highest BCUT2D eigenvalue weighted by atomic mass is 32.1. The number of hydrogen-bond acceptors (Lipinski definition) is 4. The molecule has 3 atom stereocenters. The van der Waals surface area contributed by atoms with E-state index in [0.717, 1.165) is 37.0 Å². The van der Waals surface area contributed by atoms with Crippen LogP contribution < -0.4 is 0 Å². The first-order valence-corrected chi connectivity index (χ1v) is 11.0. The van der Waals surface area contributed by atoms with E-state index in [2.05, 4.69) is 11.8 Å². The van der Waals surface area contributed by atoms with E-state index in [1.807, 2.05) is 24.8 Å². The molecule has 2 unspecified atom stereocenters. The summed E-state index contributed by atoms with van der Waals surface area (Å²) >= 11 is 1.30. The third-order valence-corrected chi connectivity index (χ3v) is 6.46. The number of rotatable bonds is 10. The van der Waals surface area contributed by atoms with Crippen molar-refractivity contribution in [1.82, 2.24) is 4.90 Å². The maximum absolute atomic E-state index is 12.2. The smallest absolute Gasteiger partial charge is 0.345 e. The molecule has 1 saturated heterocycles. The van der Waals surface area contributed by atoms with Crippen LogP contribution in [0.1, 0.15) is 73.3 Å². The second-order valence-corrected chi connectivity index (χ2v) is 8.66. The predicted octanol–water partition coefficient (Wildman–Crippen LogP) is 3.95. The van der Waals surface area contributed by atoms with E-state index in [1.165, 1.54) is 11.3 Å². The van der Waals surface area contributed by atoms with Crippen LogP contribution in [0.25, 0.3) is 0 Å². The van der Waals surface area contributed by atoms with Gasteiger partial charge < -0.3 is 15.1 Å². The van der Waals surface area contributed by atoms with Crippen LogP contribution in [0.15, 0.2) is 12.1 Å². The van der Waals surface area contributed by atoms with Crippen LogP contribution in [-0.2, 0) is 11.2 Å². The Morgan fingerprint density at radius 2 is 2.18 bits per heavy atom. The molecule has 1 aromatic rings. The maximum atomic E-state index is 12.2. The van der Waals surface area contributed by atoms with Crippen molar-refractivity contribution in [1.29, 1.82) is 0 Å². The number of carbonyl (C=O) groups excluding carboxylic acids is 1. The molecule has 1 amide bonds. The van der Waals surface area contributed by atoms with Crippen LogP contribution in [0.3, 0.4) is 0 Å². The molecule has 1 aliphatic rings. The van der Waals surface area contributed by atoms with E-state index >= 15 is 0 Å². The number of nitrogens with zero attached hydrogens (tertiary/aromatic N) is 1. The first-order valence-electron chi connectivity index (χ1n) is 10.2. The Hall–Kier alpha value is -1.84. The van der Waals surface area contributed by atoms with Crippen LogP contribution in [0.2, 0.25) is 0 Å². The number of aliphatic hydroxyl groups is 1. The fraction of sp³-hybridized carbons (Fsp3) is 0.636. The van der Waals surface area contributed by atoms with Crippen molar-refractivity contribution in [3.63, 3.8) is 0 Å². The second-order valence-electron chi connectivity index (χ2n) is 7.49. The first-order chi connectivity index (χ1) is 13.4. The molecule has 6 heteroatoms. The SMILES string of the molecule is CCC#CCC(C)C(O)CC[C@H]1CCC(=O)N1CCCc1ccc(C(=O)O)s1. The Labute approximate surface area is 171 Å². The van der Waals surface area contributed by atoms with Gasteiger partial charge in [-0.2, -0.15) is 0 Å². The van der Waals surface area contributed by atoms with Crippen molar-refractivity contribution in [2.75, 3.05) is 6.54 Å². The van der Waals surface area contributed by atoms with Crippen LogP contribution in [0.5, 0.6) is 0 Å². The molecule has 2 rings (SSSR count). The second kappa shape index (κ2) is 11.2. The molecule has 1 aromatic heterocycles. The molecular formula is C22H31NO4S. The molecule has 0 aromatic carbocycles. The minimum Gasteiger partial charge on any atom is -0.477 e. The van der Waals surface area contributed by atoms with Crippen molar-refractivity contribution in [3.05, 3.63) is 21.9 Å². The number of likely N-dealkylation sites (tertiary alicyclic amines) is 1. The zero-order valence-corrected chi connectivity index (χ0v) is 17.6. The lowest BCUT2D eigenvalue weighted by Crippen LogP contribution is -2.35. The summed E-state index contributed by atoms with van der Waals surface area (Å²) in [5, 5.41) is 19.4. The lowest BCUT2D eigenvalue weighted by molar-refractivity contribution is -0.129. The van der Waals surface area contributed by atoms with E-state index in [9.17, 15) is 14.7 Å². The summed E-state index contributed by atoms with van der Waals surface area (Å²) in [4.78, 5) is 26.6. The Morgan fingerprint density at radius 1 is 1.39 bits per heavy atom. The molecule has 0 spiro atoms. The predicted molar refractivity (Wildman–Crippen MR) is 111 cm³/mol. The minimum absolute atomic E-state index is 0.145. The Bertz CT molecular complexity index is 718. The Kier molecular flexibility index (Phi) is 9.01. The van der Waals surface area contributed by atoms with E-state index < -0.39 is 5.97 Å². The maximum Gasteiger partial charge on any atom is 0.345 e. The highest BCUT2D eigenvalue weighted by molar-refractivity contribution is 7.13. The summed E-state index contributed by atoms with van der Waals surface area (Å²) in [6, 6.07) is 3.70. The molecule has 154 valence electrons. The van der Waals surface area contributed by atoms with Gasteiger partial charge in [0.1, 0.15) is 4.88 Å². The number of thiophene rings is 1. The molecule has 5 nitrogen and oxygen atoms in total. The number of aryl methyl sites for hydroxylation is 1. The zero-order chi connectivity index (χ0) is 20.5. The highest BCUT2D eigenvalue weighted by Crippen LogP contribution is 2.26. The highest BCUT2D eigenvalue weighted by Gasteiger charge is 2.31. The third kappa shape index (κ3) is 6.65. The lowest BCUT2D eigenvalue weighted by atomic mass is 9.95. The molecule has 2 heterocycles. The van der Waals surface area contributed by atoms with Gasteiger partial charge in [-0.1, -0.05) is 13.8 Å².